The predicted octanol–water partition coefficient (Wildman–Crippen LogP) is 4.31. The van der Waals surface area contributed by atoms with Crippen molar-refractivity contribution in [2.45, 2.75) is 39.0 Å². The lowest BCUT2D eigenvalue weighted by Crippen LogP contribution is -2.14. The predicted molar refractivity (Wildman–Crippen MR) is 74.2 cm³/mol. The van der Waals surface area contributed by atoms with Crippen LogP contribution in [-0.4, -0.2) is 5.91 Å². The first-order valence-electron chi connectivity index (χ1n) is 6.22. The molecule has 1 N–H and O–H groups in total. The highest BCUT2D eigenvalue weighted by Crippen LogP contribution is 2.38. The van der Waals surface area contributed by atoms with E-state index in [2.05, 4.69) is 41.2 Å². The molecule has 2 nitrogen and oxygen atoms in total. The second-order valence-electron chi connectivity index (χ2n) is 4.90. The number of rotatable bonds is 4. The van der Waals surface area contributed by atoms with Gasteiger partial charge in [-0.25, -0.2) is 0 Å². The minimum Gasteiger partial charge on any atom is -0.325 e. The fraction of sp³-hybridized carbons (Fsp3) is 0.500. The Morgan fingerprint density at radius 2 is 2.24 bits per heavy atom. The zero-order valence-electron chi connectivity index (χ0n) is 10.3. The molecule has 1 aliphatic rings. The third kappa shape index (κ3) is 2.71. The van der Waals surface area contributed by atoms with Crippen LogP contribution < -0.4 is 5.32 Å². The molecule has 17 heavy (non-hydrogen) atoms. The second kappa shape index (κ2) is 5.21. The van der Waals surface area contributed by atoms with Crippen LogP contribution in [0.5, 0.6) is 0 Å². The van der Waals surface area contributed by atoms with Crippen molar-refractivity contribution in [3.63, 3.8) is 0 Å². The zero-order valence-corrected chi connectivity index (χ0v) is 11.9. The van der Waals surface area contributed by atoms with Gasteiger partial charge in [-0.15, -0.1) is 0 Å². The van der Waals surface area contributed by atoms with Crippen molar-refractivity contribution < 1.29 is 4.79 Å². The monoisotopic (exact) mass is 295 g/mol. The molecule has 2 rings (SSSR count). The second-order valence-corrected chi connectivity index (χ2v) is 5.82. The van der Waals surface area contributed by atoms with Gasteiger partial charge in [-0.2, -0.15) is 0 Å². The highest BCUT2D eigenvalue weighted by molar-refractivity contribution is 9.10. The largest absolute Gasteiger partial charge is 0.325 e. The zero-order chi connectivity index (χ0) is 12.4. The van der Waals surface area contributed by atoms with Crippen LogP contribution in [0.4, 0.5) is 5.69 Å². The molecule has 0 saturated carbocycles. The van der Waals surface area contributed by atoms with E-state index in [1.165, 1.54) is 12.8 Å². The quantitative estimate of drug-likeness (QED) is 0.881. The van der Waals surface area contributed by atoms with Crippen LogP contribution in [0.25, 0.3) is 0 Å². The Morgan fingerprint density at radius 1 is 1.47 bits per heavy atom. The Kier molecular flexibility index (Phi) is 3.87. The SMILES string of the molecule is CCCC(C)CC1C(=O)Nc2ccc(Br)cc21. The molecular formula is C14H18BrNO. The van der Waals surface area contributed by atoms with E-state index in [9.17, 15) is 4.79 Å². The van der Waals surface area contributed by atoms with Gasteiger partial charge in [0.05, 0.1) is 5.92 Å². The van der Waals surface area contributed by atoms with Crippen molar-refractivity contribution >= 4 is 27.5 Å². The van der Waals surface area contributed by atoms with E-state index in [1.54, 1.807) is 0 Å². The third-order valence-electron chi connectivity index (χ3n) is 3.38. The van der Waals surface area contributed by atoms with E-state index >= 15 is 0 Å². The summed E-state index contributed by atoms with van der Waals surface area (Å²) >= 11 is 3.47. The summed E-state index contributed by atoms with van der Waals surface area (Å²) in [5, 5.41) is 2.96. The molecule has 3 heteroatoms. The van der Waals surface area contributed by atoms with Gasteiger partial charge >= 0.3 is 0 Å². The Morgan fingerprint density at radius 3 is 2.94 bits per heavy atom. The number of fused-ring (bicyclic) bond motifs is 1. The van der Waals surface area contributed by atoms with Gasteiger partial charge in [0.2, 0.25) is 5.91 Å². The first-order chi connectivity index (χ1) is 8.11. The molecule has 1 heterocycles. The molecule has 0 bridgehead atoms. The highest BCUT2D eigenvalue weighted by Gasteiger charge is 2.31. The average molecular weight is 296 g/mol. The van der Waals surface area contributed by atoms with Gasteiger partial charge in [-0.05, 0) is 36.1 Å². The van der Waals surface area contributed by atoms with E-state index in [0.717, 1.165) is 22.1 Å². The van der Waals surface area contributed by atoms with Crippen LogP contribution in [0, 0.1) is 5.92 Å². The molecule has 0 fully saturated rings. The first-order valence-corrected chi connectivity index (χ1v) is 7.01. The molecular weight excluding hydrogens is 278 g/mol. The number of halogens is 1. The number of amides is 1. The Bertz CT molecular complexity index is 430. The summed E-state index contributed by atoms with van der Waals surface area (Å²) in [6, 6.07) is 6.01. The summed E-state index contributed by atoms with van der Waals surface area (Å²) in [5.41, 5.74) is 2.12. The van der Waals surface area contributed by atoms with Crippen molar-refractivity contribution in [3.05, 3.63) is 28.2 Å². The van der Waals surface area contributed by atoms with Crippen LogP contribution in [-0.2, 0) is 4.79 Å². The summed E-state index contributed by atoms with van der Waals surface area (Å²) in [4.78, 5) is 12.0. The minimum atomic E-state index is 0.0315. The van der Waals surface area contributed by atoms with Crippen molar-refractivity contribution in [2.75, 3.05) is 5.32 Å². The molecule has 1 aromatic rings. The normalized spacial score (nSPS) is 19.9. The van der Waals surface area contributed by atoms with Crippen LogP contribution in [0.1, 0.15) is 44.6 Å². The lowest BCUT2D eigenvalue weighted by molar-refractivity contribution is -0.117. The highest BCUT2D eigenvalue weighted by atomic mass is 79.9. The van der Waals surface area contributed by atoms with Gasteiger partial charge in [0, 0.05) is 10.2 Å². The smallest absolute Gasteiger partial charge is 0.232 e. The number of carbonyl (C=O) groups is 1. The van der Waals surface area contributed by atoms with Crippen LogP contribution >= 0.6 is 15.9 Å². The Hall–Kier alpha value is -0.830. The van der Waals surface area contributed by atoms with Gasteiger partial charge in [0.25, 0.3) is 0 Å². The summed E-state index contributed by atoms with van der Waals surface area (Å²) in [6.07, 6.45) is 3.32. The van der Waals surface area contributed by atoms with Crippen LogP contribution in [0.3, 0.4) is 0 Å². The molecule has 0 aromatic heterocycles. The van der Waals surface area contributed by atoms with E-state index in [1.807, 2.05) is 12.1 Å². The van der Waals surface area contributed by atoms with E-state index in [4.69, 9.17) is 0 Å². The molecule has 1 aromatic carbocycles. The van der Waals surface area contributed by atoms with Crippen molar-refractivity contribution in [1.82, 2.24) is 0 Å². The molecule has 0 spiro atoms. The summed E-state index contributed by atoms with van der Waals surface area (Å²) < 4.78 is 1.04. The van der Waals surface area contributed by atoms with E-state index in [0.29, 0.717) is 5.92 Å². The molecule has 0 radical (unpaired) electrons. The maximum absolute atomic E-state index is 12.0. The number of hydrogen-bond acceptors (Lipinski definition) is 1. The lowest BCUT2D eigenvalue weighted by Gasteiger charge is -2.14. The fourth-order valence-electron chi connectivity index (χ4n) is 2.54. The average Bonchev–Trinajstić information content (AvgIpc) is 2.56. The van der Waals surface area contributed by atoms with Gasteiger partial charge < -0.3 is 5.32 Å². The number of nitrogens with one attached hydrogen (secondary N) is 1. The fourth-order valence-corrected chi connectivity index (χ4v) is 2.92. The van der Waals surface area contributed by atoms with Gasteiger partial charge in [0.15, 0.2) is 0 Å². The van der Waals surface area contributed by atoms with Gasteiger partial charge in [0.1, 0.15) is 0 Å². The molecule has 1 amide bonds. The number of hydrogen-bond donors (Lipinski definition) is 1. The topological polar surface area (TPSA) is 29.1 Å². The molecule has 1 aliphatic heterocycles. The van der Waals surface area contributed by atoms with Crippen molar-refractivity contribution in [3.8, 4) is 0 Å². The van der Waals surface area contributed by atoms with Crippen LogP contribution in [0.2, 0.25) is 0 Å². The molecule has 0 saturated heterocycles. The van der Waals surface area contributed by atoms with Crippen LogP contribution in [0.15, 0.2) is 22.7 Å². The van der Waals surface area contributed by atoms with Crippen molar-refractivity contribution in [1.29, 1.82) is 0 Å². The number of carbonyl (C=O) groups excluding carboxylic acids is 1. The summed E-state index contributed by atoms with van der Waals surface area (Å²) in [7, 11) is 0. The summed E-state index contributed by atoms with van der Waals surface area (Å²) in [6.45, 7) is 4.42. The molecule has 2 unspecified atom stereocenters. The maximum Gasteiger partial charge on any atom is 0.232 e. The minimum absolute atomic E-state index is 0.0315. The summed E-state index contributed by atoms with van der Waals surface area (Å²) in [5.74, 6) is 0.783. The molecule has 0 aliphatic carbocycles. The molecule has 92 valence electrons. The number of benzene rings is 1. The number of anilines is 1. The van der Waals surface area contributed by atoms with E-state index in [-0.39, 0.29) is 11.8 Å². The first kappa shape index (κ1) is 12.6. The Labute approximate surface area is 111 Å². The van der Waals surface area contributed by atoms with Gasteiger partial charge in [-0.1, -0.05) is 42.6 Å². The maximum atomic E-state index is 12.0. The van der Waals surface area contributed by atoms with Crippen molar-refractivity contribution in [2.24, 2.45) is 5.92 Å². The Balaban J connectivity index is 2.19. The molecule has 2 atom stereocenters. The standard InChI is InChI=1S/C14H18BrNO/c1-3-4-9(2)7-12-11-8-10(15)5-6-13(11)16-14(12)17/h5-6,8-9,12H,3-4,7H2,1-2H3,(H,16,17). The van der Waals surface area contributed by atoms with E-state index < -0.39 is 0 Å². The lowest BCUT2D eigenvalue weighted by atomic mass is 9.88. The van der Waals surface area contributed by atoms with Gasteiger partial charge in [-0.3, -0.25) is 4.79 Å². The third-order valence-corrected chi connectivity index (χ3v) is 3.88.